The third-order valence-electron chi connectivity index (χ3n) is 3.08. The summed E-state index contributed by atoms with van der Waals surface area (Å²) in [5.41, 5.74) is 8.47. The van der Waals surface area contributed by atoms with Crippen molar-refractivity contribution in [1.82, 2.24) is 0 Å². The van der Waals surface area contributed by atoms with Crippen LogP contribution in [0.25, 0.3) is 0 Å². The van der Waals surface area contributed by atoms with Gasteiger partial charge in [0.05, 0.1) is 10.6 Å². The summed E-state index contributed by atoms with van der Waals surface area (Å²) >= 11 is 6.03. The molecule has 0 saturated heterocycles. The van der Waals surface area contributed by atoms with Gasteiger partial charge in [-0.25, -0.2) is 8.42 Å². The van der Waals surface area contributed by atoms with Gasteiger partial charge in [0.15, 0.2) is 9.84 Å². The zero-order valence-electron chi connectivity index (χ0n) is 11.4. The van der Waals surface area contributed by atoms with Crippen LogP contribution in [0.4, 0.5) is 5.69 Å². The average molecular weight is 310 g/mol. The number of rotatable bonds is 3. The predicted octanol–water partition coefficient (Wildman–Crippen LogP) is 3.51. The summed E-state index contributed by atoms with van der Waals surface area (Å²) in [6.45, 7) is 3.72. The highest BCUT2D eigenvalue weighted by Crippen LogP contribution is 2.26. The van der Waals surface area contributed by atoms with Crippen LogP contribution in [0.2, 0.25) is 5.02 Å². The molecule has 0 aliphatic rings. The molecule has 2 rings (SSSR count). The van der Waals surface area contributed by atoms with E-state index in [1.54, 1.807) is 37.3 Å². The summed E-state index contributed by atoms with van der Waals surface area (Å²) in [5.74, 6) is -0.152. The number of aryl methyl sites for hydroxylation is 2. The summed E-state index contributed by atoms with van der Waals surface area (Å²) in [5, 5.41) is 0.410. The van der Waals surface area contributed by atoms with Crippen molar-refractivity contribution in [3.63, 3.8) is 0 Å². The van der Waals surface area contributed by atoms with Gasteiger partial charge in [-0.2, -0.15) is 0 Å². The maximum Gasteiger partial charge on any atom is 0.182 e. The van der Waals surface area contributed by atoms with Gasteiger partial charge >= 0.3 is 0 Å². The first-order valence-corrected chi connectivity index (χ1v) is 8.16. The number of anilines is 1. The number of hydrogen-bond acceptors (Lipinski definition) is 3. The Morgan fingerprint density at radius 1 is 1.10 bits per heavy atom. The van der Waals surface area contributed by atoms with Crippen molar-refractivity contribution in [2.75, 3.05) is 5.73 Å². The normalized spacial score (nSPS) is 11.6. The van der Waals surface area contributed by atoms with Crippen LogP contribution >= 0.6 is 11.6 Å². The Morgan fingerprint density at radius 3 is 2.45 bits per heavy atom. The lowest BCUT2D eigenvalue weighted by Crippen LogP contribution is -2.07. The van der Waals surface area contributed by atoms with E-state index in [2.05, 4.69) is 0 Å². The second-order valence-electron chi connectivity index (χ2n) is 4.88. The van der Waals surface area contributed by atoms with E-state index in [4.69, 9.17) is 17.3 Å². The first kappa shape index (κ1) is 14.9. The topological polar surface area (TPSA) is 60.2 Å². The highest BCUT2D eigenvalue weighted by molar-refractivity contribution is 7.90. The molecule has 0 heterocycles. The summed E-state index contributed by atoms with van der Waals surface area (Å²) < 4.78 is 25.0. The number of nitrogen functional groups attached to an aromatic ring is 1. The van der Waals surface area contributed by atoms with Crippen molar-refractivity contribution in [2.45, 2.75) is 24.5 Å². The Labute approximate surface area is 124 Å². The van der Waals surface area contributed by atoms with E-state index in [1.165, 1.54) is 0 Å². The molecule has 0 radical (unpaired) electrons. The van der Waals surface area contributed by atoms with Gasteiger partial charge in [-0.05, 0) is 49.2 Å². The maximum atomic E-state index is 12.5. The van der Waals surface area contributed by atoms with Crippen LogP contribution in [0.1, 0.15) is 16.7 Å². The molecule has 0 aromatic heterocycles. The predicted molar refractivity (Wildman–Crippen MR) is 82.7 cm³/mol. The summed E-state index contributed by atoms with van der Waals surface area (Å²) in [4.78, 5) is 0.335. The second kappa shape index (κ2) is 5.46. The molecule has 0 amide bonds. The van der Waals surface area contributed by atoms with Crippen LogP contribution in [0, 0.1) is 13.8 Å². The molecule has 3 nitrogen and oxygen atoms in total. The van der Waals surface area contributed by atoms with Gasteiger partial charge < -0.3 is 5.73 Å². The number of nitrogens with two attached hydrogens (primary N) is 1. The van der Waals surface area contributed by atoms with Gasteiger partial charge in [0.1, 0.15) is 0 Å². The summed E-state index contributed by atoms with van der Waals surface area (Å²) in [6, 6.07) is 10.2. The number of sulfone groups is 1. The minimum Gasteiger partial charge on any atom is -0.399 e. The number of hydrogen-bond donors (Lipinski definition) is 1. The Kier molecular flexibility index (Phi) is 4.06. The minimum atomic E-state index is -3.44. The molecular formula is C15H16ClNO2S. The molecule has 0 bridgehead atoms. The molecule has 5 heteroatoms. The van der Waals surface area contributed by atoms with Crippen molar-refractivity contribution < 1.29 is 8.42 Å². The van der Waals surface area contributed by atoms with Crippen molar-refractivity contribution in [3.8, 4) is 0 Å². The lowest BCUT2D eigenvalue weighted by atomic mass is 10.2. The van der Waals surface area contributed by atoms with Gasteiger partial charge in [0.2, 0.25) is 0 Å². The third kappa shape index (κ3) is 3.14. The highest BCUT2D eigenvalue weighted by Gasteiger charge is 2.19. The van der Waals surface area contributed by atoms with E-state index in [-0.39, 0.29) is 5.75 Å². The highest BCUT2D eigenvalue weighted by atomic mass is 35.5. The molecule has 2 aromatic rings. The molecule has 0 unspecified atom stereocenters. The Bertz CT molecular complexity index is 754. The van der Waals surface area contributed by atoms with E-state index in [0.717, 1.165) is 11.1 Å². The van der Waals surface area contributed by atoms with Crippen LogP contribution in [-0.2, 0) is 15.6 Å². The van der Waals surface area contributed by atoms with Crippen LogP contribution in [0.5, 0.6) is 0 Å². The van der Waals surface area contributed by atoms with Gasteiger partial charge in [-0.3, -0.25) is 0 Å². The van der Waals surface area contributed by atoms with Crippen LogP contribution in [-0.4, -0.2) is 8.42 Å². The molecule has 2 aromatic carbocycles. The largest absolute Gasteiger partial charge is 0.399 e. The summed E-state index contributed by atoms with van der Waals surface area (Å²) in [7, 11) is -3.44. The van der Waals surface area contributed by atoms with Crippen LogP contribution in [0.3, 0.4) is 0 Å². The van der Waals surface area contributed by atoms with Crippen LogP contribution in [0.15, 0.2) is 41.3 Å². The van der Waals surface area contributed by atoms with Crippen LogP contribution < -0.4 is 5.73 Å². The zero-order chi connectivity index (χ0) is 14.9. The molecule has 0 spiro atoms. The standard InChI is InChI=1S/C15H16ClNO2S/c1-10-3-6-15(11(2)7-10)20(18,19)9-12-8-13(17)4-5-14(12)16/h3-8H,9,17H2,1-2H3. The molecule has 106 valence electrons. The van der Waals surface area contributed by atoms with E-state index in [1.807, 2.05) is 13.0 Å². The lowest BCUT2D eigenvalue weighted by Gasteiger charge is -2.10. The van der Waals surface area contributed by atoms with Crippen molar-refractivity contribution in [2.24, 2.45) is 0 Å². The average Bonchev–Trinajstić information content (AvgIpc) is 2.33. The molecule has 0 atom stereocenters. The fourth-order valence-corrected chi connectivity index (χ4v) is 4.03. The van der Waals surface area contributed by atoms with E-state index in [9.17, 15) is 8.42 Å². The Balaban J connectivity index is 2.43. The molecule has 0 aliphatic carbocycles. The smallest absolute Gasteiger partial charge is 0.182 e. The van der Waals surface area contributed by atoms with Crippen molar-refractivity contribution >= 4 is 27.1 Å². The van der Waals surface area contributed by atoms with E-state index in [0.29, 0.717) is 21.2 Å². The lowest BCUT2D eigenvalue weighted by molar-refractivity contribution is 0.594. The quantitative estimate of drug-likeness (QED) is 0.883. The Hall–Kier alpha value is -1.52. The molecule has 20 heavy (non-hydrogen) atoms. The SMILES string of the molecule is Cc1ccc(S(=O)(=O)Cc2cc(N)ccc2Cl)c(C)c1. The molecule has 0 aliphatic heterocycles. The second-order valence-corrected chi connectivity index (χ2v) is 7.24. The fourth-order valence-electron chi connectivity index (χ4n) is 2.14. The molecule has 0 saturated carbocycles. The zero-order valence-corrected chi connectivity index (χ0v) is 12.9. The molecule has 2 N–H and O–H groups in total. The Morgan fingerprint density at radius 2 is 1.80 bits per heavy atom. The molecular weight excluding hydrogens is 294 g/mol. The third-order valence-corrected chi connectivity index (χ3v) is 5.27. The first-order valence-electron chi connectivity index (χ1n) is 6.13. The number of halogens is 1. The van der Waals surface area contributed by atoms with E-state index >= 15 is 0 Å². The van der Waals surface area contributed by atoms with Gasteiger partial charge in [-0.15, -0.1) is 0 Å². The number of benzene rings is 2. The minimum absolute atomic E-state index is 0.152. The fraction of sp³-hybridized carbons (Fsp3) is 0.200. The van der Waals surface area contributed by atoms with Gasteiger partial charge in [-0.1, -0.05) is 29.3 Å². The van der Waals surface area contributed by atoms with Crippen molar-refractivity contribution in [3.05, 3.63) is 58.1 Å². The monoisotopic (exact) mass is 309 g/mol. The van der Waals surface area contributed by atoms with Gasteiger partial charge in [0.25, 0.3) is 0 Å². The summed E-state index contributed by atoms with van der Waals surface area (Å²) in [6.07, 6.45) is 0. The van der Waals surface area contributed by atoms with Gasteiger partial charge in [0, 0.05) is 10.7 Å². The first-order chi connectivity index (χ1) is 9.29. The van der Waals surface area contributed by atoms with Crippen molar-refractivity contribution in [1.29, 1.82) is 0 Å². The maximum absolute atomic E-state index is 12.5. The molecule has 0 fully saturated rings. The van der Waals surface area contributed by atoms with E-state index < -0.39 is 9.84 Å².